The van der Waals surface area contributed by atoms with E-state index in [1.165, 1.54) is 22.0 Å². The van der Waals surface area contributed by atoms with Crippen molar-refractivity contribution in [3.8, 4) is 0 Å². The molecule has 0 saturated heterocycles. The molecule has 0 spiro atoms. The lowest BCUT2D eigenvalue weighted by atomic mass is 10.0. The van der Waals surface area contributed by atoms with Gasteiger partial charge in [0, 0.05) is 18.3 Å². The van der Waals surface area contributed by atoms with E-state index in [1.807, 2.05) is 12.3 Å². The van der Waals surface area contributed by atoms with Gasteiger partial charge in [-0.1, -0.05) is 11.2 Å². The molecule has 2 aliphatic carbocycles. The largest absolute Gasteiger partial charge is 0.337 e. The van der Waals surface area contributed by atoms with E-state index in [0.29, 0.717) is 28.8 Å². The van der Waals surface area contributed by atoms with E-state index in [-0.39, 0.29) is 18.0 Å². The number of allylic oxidation sites excluding steroid dienone is 2. The summed E-state index contributed by atoms with van der Waals surface area (Å²) in [5.74, 6) is 2.35. The van der Waals surface area contributed by atoms with E-state index < -0.39 is 0 Å². The number of aromatic nitrogens is 6. The maximum absolute atomic E-state index is 12.6. The Morgan fingerprint density at radius 2 is 2.13 bits per heavy atom. The highest BCUT2D eigenvalue weighted by Gasteiger charge is 2.55. The molecule has 6 rings (SSSR count). The van der Waals surface area contributed by atoms with Gasteiger partial charge in [0.05, 0.1) is 11.1 Å². The number of pyridine rings is 2. The van der Waals surface area contributed by atoms with Crippen molar-refractivity contribution in [3.05, 3.63) is 82.4 Å². The van der Waals surface area contributed by atoms with Gasteiger partial charge >= 0.3 is 0 Å². The highest BCUT2D eigenvalue weighted by Crippen LogP contribution is 2.62. The zero-order valence-electron chi connectivity index (χ0n) is 16.3. The van der Waals surface area contributed by atoms with Gasteiger partial charge in [-0.15, -0.1) is 0 Å². The quantitative estimate of drug-likeness (QED) is 0.521. The van der Waals surface area contributed by atoms with Crippen LogP contribution < -0.4 is 5.56 Å². The molecular weight excluding hydrogens is 380 g/mol. The van der Waals surface area contributed by atoms with Gasteiger partial charge in [0.15, 0.2) is 11.5 Å². The summed E-state index contributed by atoms with van der Waals surface area (Å²) in [6.45, 7) is 2.28. The van der Waals surface area contributed by atoms with Crippen molar-refractivity contribution in [1.29, 1.82) is 0 Å². The molecule has 0 N–H and O–H groups in total. The van der Waals surface area contributed by atoms with E-state index in [1.54, 1.807) is 18.3 Å². The third kappa shape index (κ3) is 2.75. The molecule has 148 valence electrons. The number of fused-ring (bicyclic) bond motifs is 2. The van der Waals surface area contributed by atoms with Crippen LogP contribution in [0, 0.1) is 18.8 Å². The van der Waals surface area contributed by atoms with Crippen LogP contribution in [0.4, 0.5) is 0 Å². The Morgan fingerprint density at radius 1 is 1.20 bits per heavy atom. The molecule has 4 aromatic rings. The third-order valence-electron chi connectivity index (χ3n) is 6.01. The third-order valence-corrected chi connectivity index (χ3v) is 6.01. The standard InChI is InChI=1S/C22H18N6O2/c1-12-4-6-23-17(7-12)13-8-15-16(9-13)19(15)21-26-18(30-27-21)10-28-11-25-20-14(22(28)29)3-2-5-24-20/h2-8,11,15-16,19H,9-10H2,1H3/t15-,16+,19+/m1/s1. The summed E-state index contributed by atoms with van der Waals surface area (Å²) >= 11 is 0. The molecule has 30 heavy (non-hydrogen) atoms. The lowest BCUT2D eigenvalue weighted by Crippen LogP contribution is -2.21. The second-order valence-electron chi connectivity index (χ2n) is 7.98. The molecule has 4 heterocycles. The molecule has 0 aromatic carbocycles. The first-order valence-electron chi connectivity index (χ1n) is 9.94. The Labute approximate surface area is 171 Å². The Bertz CT molecular complexity index is 1370. The predicted molar refractivity (Wildman–Crippen MR) is 108 cm³/mol. The normalized spacial score (nSPS) is 22.2. The first-order valence-corrected chi connectivity index (χ1v) is 9.94. The van der Waals surface area contributed by atoms with Crippen molar-refractivity contribution in [2.75, 3.05) is 0 Å². The zero-order valence-corrected chi connectivity index (χ0v) is 16.3. The molecule has 0 bridgehead atoms. The maximum Gasteiger partial charge on any atom is 0.263 e. The van der Waals surface area contributed by atoms with Crippen LogP contribution in [0.5, 0.6) is 0 Å². The SMILES string of the molecule is Cc1ccnc(C2=C[C@@H]3[C@H](C2)[C@H]3c2noc(Cn3cnc4ncccc4c3=O)n2)c1. The zero-order chi connectivity index (χ0) is 20.2. The van der Waals surface area contributed by atoms with E-state index in [4.69, 9.17) is 4.52 Å². The van der Waals surface area contributed by atoms with E-state index >= 15 is 0 Å². The molecule has 0 radical (unpaired) electrons. The molecule has 1 saturated carbocycles. The maximum atomic E-state index is 12.6. The summed E-state index contributed by atoms with van der Waals surface area (Å²) < 4.78 is 6.90. The highest BCUT2D eigenvalue weighted by atomic mass is 16.5. The molecule has 4 aromatic heterocycles. The molecule has 0 amide bonds. The monoisotopic (exact) mass is 398 g/mol. The lowest BCUT2D eigenvalue weighted by Gasteiger charge is -2.05. The van der Waals surface area contributed by atoms with Gasteiger partial charge in [0.1, 0.15) is 12.9 Å². The summed E-state index contributed by atoms with van der Waals surface area (Å²) in [5, 5.41) is 4.65. The van der Waals surface area contributed by atoms with Crippen molar-refractivity contribution in [1.82, 2.24) is 29.7 Å². The van der Waals surface area contributed by atoms with Crippen molar-refractivity contribution in [3.63, 3.8) is 0 Å². The fraction of sp³-hybridized carbons (Fsp3) is 0.273. The number of hydrogen-bond donors (Lipinski definition) is 0. The average Bonchev–Trinajstić information content (AvgIpc) is 3.10. The van der Waals surface area contributed by atoms with Crippen molar-refractivity contribution >= 4 is 16.6 Å². The second kappa shape index (κ2) is 6.41. The minimum atomic E-state index is -0.172. The molecule has 0 unspecified atom stereocenters. The van der Waals surface area contributed by atoms with Gasteiger partial charge < -0.3 is 4.52 Å². The van der Waals surface area contributed by atoms with Crippen LogP contribution in [0.15, 0.2) is 58.4 Å². The van der Waals surface area contributed by atoms with Crippen LogP contribution in [0.1, 0.15) is 35.3 Å². The molecule has 8 nitrogen and oxygen atoms in total. The summed E-state index contributed by atoms with van der Waals surface area (Å²) in [7, 11) is 0. The fourth-order valence-electron chi connectivity index (χ4n) is 4.43. The van der Waals surface area contributed by atoms with Gasteiger partial charge in [-0.25, -0.2) is 9.97 Å². The first-order chi connectivity index (χ1) is 14.7. The van der Waals surface area contributed by atoms with Crippen LogP contribution in [0.25, 0.3) is 16.6 Å². The van der Waals surface area contributed by atoms with Gasteiger partial charge in [0.2, 0.25) is 5.89 Å². The first kappa shape index (κ1) is 17.2. The molecular formula is C22H18N6O2. The summed E-state index contributed by atoms with van der Waals surface area (Å²) in [4.78, 5) is 30.0. The molecule has 3 atom stereocenters. The number of hydrogen-bond acceptors (Lipinski definition) is 7. The molecule has 2 aliphatic rings. The smallest absolute Gasteiger partial charge is 0.263 e. The number of aryl methyl sites for hydroxylation is 1. The Kier molecular flexibility index (Phi) is 3.68. The summed E-state index contributed by atoms with van der Waals surface area (Å²) in [5.41, 5.74) is 3.84. The van der Waals surface area contributed by atoms with Crippen LogP contribution in [0.3, 0.4) is 0 Å². The Morgan fingerprint density at radius 3 is 2.97 bits per heavy atom. The van der Waals surface area contributed by atoms with Crippen molar-refractivity contribution < 1.29 is 4.52 Å². The predicted octanol–water partition coefficient (Wildman–Crippen LogP) is 2.74. The minimum Gasteiger partial charge on any atom is -0.337 e. The van der Waals surface area contributed by atoms with Crippen molar-refractivity contribution in [2.24, 2.45) is 11.8 Å². The topological polar surface area (TPSA) is 99.6 Å². The number of rotatable bonds is 4. The second-order valence-corrected chi connectivity index (χ2v) is 7.98. The Balaban J connectivity index is 1.20. The van der Waals surface area contributed by atoms with Crippen LogP contribution in [0.2, 0.25) is 0 Å². The van der Waals surface area contributed by atoms with Gasteiger partial charge in [-0.2, -0.15) is 4.98 Å². The summed E-state index contributed by atoms with van der Waals surface area (Å²) in [6.07, 6.45) is 8.23. The summed E-state index contributed by atoms with van der Waals surface area (Å²) in [6, 6.07) is 7.57. The molecule has 0 aliphatic heterocycles. The van der Waals surface area contributed by atoms with Crippen LogP contribution in [-0.4, -0.2) is 29.7 Å². The Hall–Kier alpha value is -3.68. The van der Waals surface area contributed by atoms with Crippen LogP contribution in [-0.2, 0) is 6.54 Å². The number of nitrogens with zero attached hydrogens (tertiary/aromatic N) is 6. The van der Waals surface area contributed by atoms with Gasteiger partial charge in [-0.3, -0.25) is 14.3 Å². The molecule has 1 fully saturated rings. The average molecular weight is 398 g/mol. The minimum absolute atomic E-state index is 0.172. The van der Waals surface area contributed by atoms with E-state index in [9.17, 15) is 4.79 Å². The van der Waals surface area contributed by atoms with Crippen molar-refractivity contribution in [2.45, 2.75) is 25.8 Å². The lowest BCUT2D eigenvalue weighted by molar-refractivity contribution is 0.364. The fourth-order valence-corrected chi connectivity index (χ4v) is 4.43. The highest BCUT2D eigenvalue weighted by molar-refractivity contribution is 5.72. The van der Waals surface area contributed by atoms with Gasteiger partial charge in [0.25, 0.3) is 5.56 Å². The molecule has 8 heteroatoms. The van der Waals surface area contributed by atoms with E-state index in [2.05, 4.69) is 44.2 Å². The van der Waals surface area contributed by atoms with Gasteiger partial charge in [-0.05, 0) is 60.6 Å². The van der Waals surface area contributed by atoms with Crippen LogP contribution >= 0.6 is 0 Å². The van der Waals surface area contributed by atoms with E-state index in [0.717, 1.165) is 17.9 Å².